The molecule has 0 aliphatic heterocycles. The molecule has 4 nitrogen and oxygen atoms in total. The second-order valence-corrected chi connectivity index (χ2v) is 2.38. The lowest BCUT2D eigenvalue weighted by Crippen LogP contribution is -2.24. The van der Waals surface area contributed by atoms with Gasteiger partial charge in [0.25, 0.3) is 0 Å². The molecule has 0 aromatic carbocycles. The third kappa shape index (κ3) is 3.95. The quantitative estimate of drug-likeness (QED) is 0.447. The van der Waals surface area contributed by atoms with Crippen molar-refractivity contribution < 1.29 is 19.7 Å². The second-order valence-electron chi connectivity index (χ2n) is 2.38. The number of aliphatic hydroxyl groups excluding tert-OH is 2. The zero-order valence-electron chi connectivity index (χ0n) is 6.78. The molecule has 2 atom stereocenters. The number of hydrogen-bond donors (Lipinski definition) is 2. The molecule has 0 aromatic heterocycles. The van der Waals surface area contributed by atoms with Gasteiger partial charge in [0.2, 0.25) is 6.29 Å². The highest BCUT2D eigenvalue weighted by Gasteiger charge is 2.15. The van der Waals surface area contributed by atoms with E-state index < -0.39 is 18.9 Å². The molecule has 0 aliphatic carbocycles. The van der Waals surface area contributed by atoms with E-state index in [0.29, 0.717) is 6.42 Å². The maximum Gasteiger partial charge on any atom is 0.311 e. The van der Waals surface area contributed by atoms with Crippen LogP contribution in [0, 0.1) is 5.92 Å². The summed E-state index contributed by atoms with van der Waals surface area (Å²) in [6, 6.07) is 0. The van der Waals surface area contributed by atoms with Gasteiger partial charge in [0.1, 0.15) is 6.61 Å². The highest BCUT2D eigenvalue weighted by molar-refractivity contribution is 5.71. The topological polar surface area (TPSA) is 66.8 Å². The number of carbonyl (C=O) groups excluding carboxylic acids is 1. The van der Waals surface area contributed by atoms with Crippen molar-refractivity contribution in [2.75, 3.05) is 6.61 Å². The predicted molar refractivity (Wildman–Crippen MR) is 38.6 cm³/mol. The maximum atomic E-state index is 10.9. The van der Waals surface area contributed by atoms with E-state index in [0.717, 1.165) is 0 Å². The molecule has 2 N–H and O–H groups in total. The molecule has 0 saturated heterocycles. The van der Waals surface area contributed by atoms with E-state index in [1.807, 2.05) is 6.92 Å². The summed E-state index contributed by atoms with van der Waals surface area (Å²) in [5, 5.41) is 17.0. The van der Waals surface area contributed by atoms with Gasteiger partial charge in [0, 0.05) is 0 Å². The highest BCUT2D eigenvalue weighted by atomic mass is 16.6. The first-order valence-electron chi connectivity index (χ1n) is 3.61. The molecular formula is C7H14O4. The Hall–Kier alpha value is -0.610. The molecule has 0 spiro atoms. The van der Waals surface area contributed by atoms with E-state index in [1.165, 1.54) is 0 Å². The molecule has 0 saturated carbocycles. The average Bonchev–Trinajstić information content (AvgIpc) is 2.02. The predicted octanol–water partition coefficient (Wildman–Crippen LogP) is -0.114. The van der Waals surface area contributed by atoms with Gasteiger partial charge in [-0.2, -0.15) is 0 Å². The Morgan fingerprint density at radius 2 is 2.18 bits per heavy atom. The third-order valence-electron chi connectivity index (χ3n) is 1.42. The van der Waals surface area contributed by atoms with E-state index >= 15 is 0 Å². The molecule has 0 aromatic rings. The Bertz CT molecular complexity index is 124. The molecule has 0 fully saturated rings. The Morgan fingerprint density at radius 3 is 2.55 bits per heavy atom. The second kappa shape index (κ2) is 5.09. The number of aliphatic hydroxyl groups is 2. The monoisotopic (exact) mass is 162 g/mol. The van der Waals surface area contributed by atoms with Gasteiger partial charge >= 0.3 is 5.97 Å². The van der Waals surface area contributed by atoms with Crippen molar-refractivity contribution >= 4 is 5.97 Å². The van der Waals surface area contributed by atoms with Crippen molar-refractivity contribution in [1.82, 2.24) is 0 Å². The van der Waals surface area contributed by atoms with Crippen molar-refractivity contribution in [2.24, 2.45) is 5.92 Å². The smallest absolute Gasteiger partial charge is 0.311 e. The summed E-state index contributed by atoms with van der Waals surface area (Å²) in [6.07, 6.45) is -0.715. The SMILES string of the molecule is CCC(C)C(=O)OC(O)CO. The molecule has 0 aliphatic rings. The van der Waals surface area contributed by atoms with Gasteiger partial charge in [0.05, 0.1) is 5.92 Å². The molecule has 0 heterocycles. The first-order valence-corrected chi connectivity index (χ1v) is 3.61. The summed E-state index contributed by atoms with van der Waals surface area (Å²) < 4.78 is 4.42. The van der Waals surface area contributed by atoms with Crippen molar-refractivity contribution in [2.45, 2.75) is 26.6 Å². The number of carbonyl (C=O) groups is 1. The van der Waals surface area contributed by atoms with Crippen LogP contribution in [0.3, 0.4) is 0 Å². The van der Waals surface area contributed by atoms with Crippen LogP contribution < -0.4 is 0 Å². The third-order valence-corrected chi connectivity index (χ3v) is 1.42. The summed E-state index contributed by atoms with van der Waals surface area (Å²) in [4.78, 5) is 10.9. The van der Waals surface area contributed by atoms with E-state index in [-0.39, 0.29) is 5.92 Å². The van der Waals surface area contributed by atoms with Crippen molar-refractivity contribution in [1.29, 1.82) is 0 Å². The average molecular weight is 162 g/mol. The first-order chi connectivity index (χ1) is 5.11. The highest BCUT2D eigenvalue weighted by Crippen LogP contribution is 2.04. The van der Waals surface area contributed by atoms with Gasteiger partial charge in [-0.25, -0.2) is 0 Å². The standard InChI is InChI=1S/C7H14O4/c1-3-5(2)7(10)11-6(9)4-8/h5-6,8-9H,3-4H2,1-2H3. The van der Waals surface area contributed by atoms with Crippen molar-refractivity contribution in [3.05, 3.63) is 0 Å². The molecule has 11 heavy (non-hydrogen) atoms. The van der Waals surface area contributed by atoms with Gasteiger partial charge < -0.3 is 14.9 Å². The van der Waals surface area contributed by atoms with Crippen LogP contribution in [0.2, 0.25) is 0 Å². The number of ether oxygens (including phenoxy) is 1. The minimum absolute atomic E-state index is 0.226. The number of hydrogen-bond acceptors (Lipinski definition) is 4. The fourth-order valence-electron chi connectivity index (χ4n) is 0.454. The van der Waals surface area contributed by atoms with Crippen LogP contribution in [-0.4, -0.2) is 29.1 Å². The molecular weight excluding hydrogens is 148 g/mol. The van der Waals surface area contributed by atoms with Crippen LogP contribution in [0.15, 0.2) is 0 Å². The van der Waals surface area contributed by atoms with Gasteiger partial charge in [-0.3, -0.25) is 4.79 Å². The van der Waals surface area contributed by atoms with Crippen LogP contribution in [0.4, 0.5) is 0 Å². The molecule has 0 amide bonds. The summed E-state index contributed by atoms with van der Waals surface area (Å²) in [5.41, 5.74) is 0. The van der Waals surface area contributed by atoms with Gasteiger partial charge in [-0.15, -0.1) is 0 Å². The fraction of sp³-hybridized carbons (Fsp3) is 0.857. The zero-order chi connectivity index (χ0) is 8.85. The molecule has 0 radical (unpaired) electrons. The summed E-state index contributed by atoms with van der Waals surface area (Å²) in [7, 11) is 0. The van der Waals surface area contributed by atoms with Crippen molar-refractivity contribution in [3.8, 4) is 0 Å². The van der Waals surface area contributed by atoms with Gasteiger partial charge in [-0.05, 0) is 6.42 Å². The van der Waals surface area contributed by atoms with Gasteiger partial charge in [0.15, 0.2) is 0 Å². The maximum absolute atomic E-state index is 10.9. The van der Waals surface area contributed by atoms with Crippen LogP contribution in [0.1, 0.15) is 20.3 Å². The molecule has 0 rings (SSSR count). The molecule has 0 bridgehead atoms. The summed E-state index contributed by atoms with van der Waals surface area (Å²) in [5.74, 6) is -0.703. The van der Waals surface area contributed by atoms with E-state index in [4.69, 9.17) is 10.2 Å². The number of esters is 1. The fourth-order valence-corrected chi connectivity index (χ4v) is 0.454. The summed E-state index contributed by atoms with van der Waals surface area (Å²) in [6.45, 7) is 2.99. The largest absolute Gasteiger partial charge is 0.433 e. The van der Waals surface area contributed by atoms with Crippen LogP contribution >= 0.6 is 0 Å². The Kier molecular flexibility index (Phi) is 4.81. The molecule has 4 heteroatoms. The first kappa shape index (κ1) is 10.4. The lowest BCUT2D eigenvalue weighted by molar-refractivity contribution is -0.178. The number of rotatable bonds is 4. The van der Waals surface area contributed by atoms with Crippen LogP contribution in [-0.2, 0) is 9.53 Å². The van der Waals surface area contributed by atoms with E-state index in [1.54, 1.807) is 6.92 Å². The Labute approximate surface area is 65.8 Å². The van der Waals surface area contributed by atoms with E-state index in [2.05, 4.69) is 4.74 Å². The Balaban J connectivity index is 3.68. The van der Waals surface area contributed by atoms with E-state index in [9.17, 15) is 4.79 Å². The van der Waals surface area contributed by atoms with Crippen LogP contribution in [0.25, 0.3) is 0 Å². The minimum atomic E-state index is -1.38. The van der Waals surface area contributed by atoms with Crippen molar-refractivity contribution in [3.63, 3.8) is 0 Å². The Morgan fingerprint density at radius 1 is 1.64 bits per heavy atom. The minimum Gasteiger partial charge on any atom is -0.433 e. The van der Waals surface area contributed by atoms with Crippen LogP contribution in [0.5, 0.6) is 0 Å². The summed E-state index contributed by atoms with van der Waals surface area (Å²) >= 11 is 0. The normalized spacial score (nSPS) is 15.6. The lowest BCUT2D eigenvalue weighted by atomic mass is 10.1. The molecule has 66 valence electrons. The van der Waals surface area contributed by atoms with Gasteiger partial charge in [-0.1, -0.05) is 13.8 Å². The lowest BCUT2D eigenvalue weighted by Gasteiger charge is -2.12. The molecule has 2 unspecified atom stereocenters. The zero-order valence-corrected chi connectivity index (χ0v) is 6.78.